The molecule has 0 saturated carbocycles. The maximum Gasteiger partial charge on any atom is 0.147 e. The van der Waals surface area contributed by atoms with Gasteiger partial charge in [0.2, 0.25) is 0 Å². The van der Waals surface area contributed by atoms with Gasteiger partial charge in [0.05, 0.1) is 0 Å². The van der Waals surface area contributed by atoms with Crippen LogP contribution in [0.25, 0.3) is 11.1 Å². The first kappa shape index (κ1) is 12.5. The second kappa shape index (κ2) is 5.64. The largest absolute Gasteiger partial charge is 0.270 e. The molecule has 100 valence electrons. The summed E-state index contributed by atoms with van der Waals surface area (Å²) in [4.78, 5) is 4.14. The van der Waals surface area contributed by atoms with E-state index in [0.29, 0.717) is 5.82 Å². The Bertz CT molecular complexity index is 647. The van der Waals surface area contributed by atoms with Gasteiger partial charge in [0.1, 0.15) is 18.2 Å². The first-order chi connectivity index (χ1) is 9.88. The summed E-state index contributed by atoms with van der Waals surface area (Å²) in [5.41, 5.74) is 6.14. The van der Waals surface area contributed by atoms with Crippen molar-refractivity contribution in [3.8, 4) is 11.1 Å². The van der Waals surface area contributed by atoms with E-state index in [0.717, 1.165) is 5.56 Å². The molecule has 3 rings (SSSR count). The van der Waals surface area contributed by atoms with Gasteiger partial charge in [0, 0.05) is 0 Å². The topological polar surface area (TPSA) is 79.6 Å². The zero-order valence-corrected chi connectivity index (χ0v) is 10.8. The highest BCUT2D eigenvalue weighted by atomic mass is 15.3. The number of rotatable bonds is 4. The molecule has 0 saturated heterocycles. The Morgan fingerprint density at radius 1 is 0.950 bits per heavy atom. The van der Waals surface area contributed by atoms with Gasteiger partial charge < -0.3 is 0 Å². The first-order valence-electron chi connectivity index (χ1n) is 6.35. The second-order valence-corrected chi connectivity index (χ2v) is 4.46. The number of nitrogens with two attached hydrogens (primary N) is 1. The Labute approximate surface area is 116 Å². The smallest absolute Gasteiger partial charge is 0.147 e. The van der Waals surface area contributed by atoms with Crippen LogP contribution < -0.4 is 11.3 Å². The number of hydrogen-bond acceptors (Lipinski definition) is 4. The van der Waals surface area contributed by atoms with Crippen LogP contribution in [0.4, 0.5) is 0 Å². The van der Waals surface area contributed by atoms with Crippen molar-refractivity contribution in [2.24, 2.45) is 5.84 Å². The van der Waals surface area contributed by atoms with Crippen LogP contribution in [0.15, 0.2) is 60.9 Å². The minimum atomic E-state index is -0.192. The fourth-order valence-corrected chi connectivity index (χ4v) is 2.19. The van der Waals surface area contributed by atoms with Crippen molar-refractivity contribution in [3.63, 3.8) is 0 Å². The van der Waals surface area contributed by atoms with E-state index in [-0.39, 0.29) is 6.04 Å². The lowest BCUT2D eigenvalue weighted by Crippen LogP contribution is -2.29. The van der Waals surface area contributed by atoms with Crippen LogP contribution in [-0.2, 0) is 0 Å². The Kier molecular flexibility index (Phi) is 3.54. The Hall–Kier alpha value is -2.50. The Morgan fingerprint density at radius 2 is 1.65 bits per heavy atom. The van der Waals surface area contributed by atoms with E-state index < -0.39 is 0 Å². The van der Waals surface area contributed by atoms with Crippen molar-refractivity contribution >= 4 is 0 Å². The summed E-state index contributed by atoms with van der Waals surface area (Å²) in [6.07, 6.45) is 1.47. The molecule has 0 spiro atoms. The van der Waals surface area contributed by atoms with Gasteiger partial charge in [-0.2, -0.15) is 5.10 Å². The Morgan fingerprint density at radius 3 is 2.25 bits per heavy atom. The number of hydrazine groups is 1. The van der Waals surface area contributed by atoms with Crippen LogP contribution in [0, 0.1) is 0 Å². The minimum Gasteiger partial charge on any atom is -0.270 e. The molecule has 0 aliphatic rings. The van der Waals surface area contributed by atoms with E-state index in [1.54, 1.807) is 0 Å². The molecular formula is C15H15N5. The third-order valence-corrected chi connectivity index (χ3v) is 3.22. The fourth-order valence-electron chi connectivity index (χ4n) is 2.19. The molecule has 4 N–H and O–H groups in total. The monoisotopic (exact) mass is 265 g/mol. The van der Waals surface area contributed by atoms with Crippen LogP contribution in [-0.4, -0.2) is 15.2 Å². The fraction of sp³-hybridized carbons (Fsp3) is 0.0667. The summed E-state index contributed by atoms with van der Waals surface area (Å²) in [7, 11) is 0. The SMILES string of the molecule is NNC(c1ccc(-c2ccccc2)cc1)c1ncn[nH]1. The number of benzene rings is 2. The zero-order chi connectivity index (χ0) is 13.8. The van der Waals surface area contributed by atoms with Crippen molar-refractivity contribution in [3.05, 3.63) is 72.3 Å². The molecule has 0 aliphatic heterocycles. The summed E-state index contributed by atoms with van der Waals surface area (Å²) in [6, 6.07) is 18.3. The lowest BCUT2D eigenvalue weighted by molar-refractivity contribution is 0.604. The standard InChI is InChI=1S/C15H15N5/c16-19-14(15-17-10-18-20-15)13-8-6-12(7-9-13)11-4-2-1-3-5-11/h1-10,14,19H,16H2,(H,17,18,20). The number of aromatic amines is 1. The molecule has 1 aromatic heterocycles. The highest BCUT2D eigenvalue weighted by molar-refractivity contribution is 5.63. The third kappa shape index (κ3) is 2.45. The van der Waals surface area contributed by atoms with Gasteiger partial charge in [-0.25, -0.2) is 10.4 Å². The molecule has 3 aromatic rings. The predicted octanol–water partition coefficient (Wildman–Crippen LogP) is 2.02. The number of aromatic nitrogens is 3. The van der Waals surface area contributed by atoms with Gasteiger partial charge >= 0.3 is 0 Å². The number of nitrogens with zero attached hydrogens (tertiary/aromatic N) is 2. The van der Waals surface area contributed by atoms with Crippen molar-refractivity contribution < 1.29 is 0 Å². The lowest BCUT2D eigenvalue weighted by Gasteiger charge is -2.13. The predicted molar refractivity (Wildman–Crippen MR) is 77.4 cm³/mol. The van der Waals surface area contributed by atoms with E-state index in [4.69, 9.17) is 5.84 Å². The summed E-state index contributed by atoms with van der Waals surface area (Å²) in [6.45, 7) is 0. The average Bonchev–Trinajstić information content (AvgIpc) is 3.04. The number of H-pyrrole nitrogens is 1. The van der Waals surface area contributed by atoms with Gasteiger partial charge in [0.25, 0.3) is 0 Å². The summed E-state index contributed by atoms with van der Waals surface area (Å²) >= 11 is 0. The molecule has 5 heteroatoms. The molecule has 1 unspecified atom stereocenters. The Balaban J connectivity index is 1.89. The van der Waals surface area contributed by atoms with E-state index in [9.17, 15) is 0 Å². The summed E-state index contributed by atoms with van der Waals surface area (Å²) in [5, 5.41) is 6.68. The van der Waals surface area contributed by atoms with Gasteiger partial charge in [-0.15, -0.1) is 0 Å². The van der Waals surface area contributed by atoms with Crippen molar-refractivity contribution in [2.45, 2.75) is 6.04 Å². The molecule has 0 fully saturated rings. The molecule has 0 aliphatic carbocycles. The molecular weight excluding hydrogens is 250 g/mol. The summed E-state index contributed by atoms with van der Waals surface area (Å²) in [5.74, 6) is 6.30. The van der Waals surface area contributed by atoms with Crippen LogP contribution in [0.5, 0.6) is 0 Å². The van der Waals surface area contributed by atoms with Gasteiger partial charge in [-0.3, -0.25) is 10.9 Å². The average molecular weight is 265 g/mol. The van der Waals surface area contributed by atoms with Crippen LogP contribution >= 0.6 is 0 Å². The maximum absolute atomic E-state index is 5.61. The molecule has 2 aromatic carbocycles. The highest BCUT2D eigenvalue weighted by Gasteiger charge is 2.14. The minimum absolute atomic E-state index is 0.192. The normalized spacial score (nSPS) is 12.2. The van der Waals surface area contributed by atoms with E-state index in [2.05, 4.69) is 44.9 Å². The van der Waals surface area contributed by atoms with Crippen molar-refractivity contribution in [2.75, 3.05) is 0 Å². The second-order valence-electron chi connectivity index (χ2n) is 4.46. The molecule has 0 amide bonds. The molecule has 5 nitrogen and oxygen atoms in total. The van der Waals surface area contributed by atoms with Crippen LogP contribution in [0.1, 0.15) is 17.4 Å². The van der Waals surface area contributed by atoms with Crippen LogP contribution in [0.3, 0.4) is 0 Å². The first-order valence-corrected chi connectivity index (χ1v) is 6.35. The third-order valence-electron chi connectivity index (χ3n) is 3.22. The lowest BCUT2D eigenvalue weighted by atomic mass is 10.0. The van der Waals surface area contributed by atoms with E-state index in [1.165, 1.54) is 17.5 Å². The molecule has 1 atom stereocenters. The quantitative estimate of drug-likeness (QED) is 0.498. The zero-order valence-electron chi connectivity index (χ0n) is 10.8. The van der Waals surface area contributed by atoms with Crippen molar-refractivity contribution in [1.29, 1.82) is 0 Å². The maximum atomic E-state index is 5.61. The van der Waals surface area contributed by atoms with Gasteiger partial charge in [-0.1, -0.05) is 54.6 Å². The van der Waals surface area contributed by atoms with E-state index >= 15 is 0 Å². The van der Waals surface area contributed by atoms with Crippen LogP contribution in [0.2, 0.25) is 0 Å². The molecule has 1 heterocycles. The molecule has 0 radical (unpaired) electrons. The van der Waals surface area contributed by atoms with Gasteiger partial charge in [0.15, 0.2) is 0 Å². The highest BCUT2D eigenvalue weighted by Crippen LogP contribution is 2.23. The summed E-state index contributed by atoms with van der Waals surface area (Å²) < 4.78 is 0. The van der Waals surface area contributed by atoms with E-state index in [1.807, 2.05) is 30.3 Å². The number of hydrogen-bond donors (Lipinski definition) is 3. The number of nitrogens with one attached hydrogen (secondary N) is 2. The van der Waals surface area contributed by atoms with Crippen molar-refractivity contribution in [1.82, 2.24) is 20.6 Å². The van der Waals surface area contributed by atoms with Gasteiger partial charge in [-0.05, 0) is 16.7 Å². The molecule has 0 bridgehead atoms. The molecule has 20 heavy (non-hydrogen) atoms.